The maximum Gasteiger partial charge on any atom is -1.00 e. The van der Waals surface area contributed by atoms with E-state index in [0.29, 0.717) is 0 Å². The number of hydrogen-bond donors (Lipinski definition) is 0. The molecule has 2 aromatic rings. The van der Waals surface area contributed by atoms with E-state index in [-0.39, 0.29) is 24.8 Å². The molecule has 0 fully saturated rings. The van der Waals surface area contributed by atoms with Gasteiger partial charge in [0.05, 0.1) is 0 Å². The third-order valence-corrected chi connectivity index (χ3v) is 9.35. The molecule has 0 amide bonds. The molecule has 0 unspecified atom stereocenters. The van der Waals surface area contributed by atoms with Crippen LogP contribution in [0, 0.1) is 0 Å². The number of hydrogen-bond acceptors (Lipinski definition) is 0. The molecular weight excluding hydrogens is 474 g/mol. The fraction of sp³-hybridized carbons (Fsp3) is 0.231. The van der Waals surface area contributed by atoms with Crippen LogP contribution >= 0.6 is 0 Å². The third kappa shape index (κ3) is 5.14. The molecule has 0 saturated heterocycles. The minimum atomic E-state index is -0.771. The Hall–Kier alpha value is -1.14. The van der Waals surface area contributed by atoms with Gasteiger partial charge < -0.3 is 24.8 Å². The van der Waals surface area contributed by atoms with Crippen molar-refractivity contribution in [2.45, 2.75) is 39.5 Å². The van der Waals surface area contributed by atoms with Crippen molar-refractivity contribution in [2.24, 2.45) is 0 Å². The summed E-state index contributed by atoms with van der Waals surface area (Å²) < 4.78 is 3.48. The summed E-state index contributed by atoms with van der Waals surface area (Å²) in [6, 6.07) is 17.9. The molecule has 4 rings (SSSR count). The molecule has 0 atom stereocenters. The zero-order chi connectivity index (χ0) is 18.6. The van der Waals surface area contributed by atoms with E-state index in [1.165, 1.54) is 33.4 Å². The summed E-state index contributed by atoms with van der Waals surface area (Å²) in [6.45, 7) is 4.53. The molecule has 2 aliphatic rings. The van der Waals surface area contributed by atoms with Crippen LogP contribution in [0.25, 0.3) is 11.1 Å². The average molecular weight is 501 g/mol. The minimum absolute atomic E-state index is 0. The van der Waals surface area contributed by atoms with Crippen LogP contribution in [0.1, 0.15) is 48.9 Å². The Balaban J connectivity index is 0.00000150. The quantitative estimate of drug-likeness (QED) is 0.554. The second kappa shape index (κ2) is 11.3. The first kappa shape index (κ1) is 24.1. The molecule has 0 aromatic heterocycles. The van der Waals surface area contributed by atoms with Crippen molar-refractivity contribution in [3.05, 3.63) is 102 Å². The molecule has 29 heavy (non-hydrogen) atoms. The molecule has 3 heteroatoms. The first-order valence-electron chi connectivity index (χ1n) is 10.0. The van der Waals surface area contributed by atoms with Crippen molar-refractivity contribution < 1.29 is 48.0 Å². The Morgan fingerprint density at radius 3 is 1.48 bits per heavy atom. The average Bonchev–Trinajstić information content (AvgIpc) is 3.37. The second-order valence-electron chi connectivity index (χ2n) is 7.14. The molecule has 0 radical (unpaired) electrons. The van der Waals surface area contributed by atoms with Crippen molar-refractivity contribution in [1.82, 2.24) is 0 Å². The van der Waals surface area contributed by atoms with Gasteiger partial charge in [-0.25, -0.2) is 0 Å². The fourth-order valence-electron chi connectivity index (χ4n) is 4.12. The zero-order valence-electron chi connectivity index (χ0n) is 17.0. The van der Waals surface area contributed by atoms with E-state index in [4.69, 9.17) is 0 Å². The van der Waals surface area contributed by atoms with Crippen LogP contribution in [0.3, 0.4) is 0 Å². The van der Waals surface area contributed by atoms with E-state index in [1.54, 1.807) is 6.56 Å². The SMILES string of the molecule is CCc1ccccc1C1=[C]([Zr+2][C]2=C(c3ccccc3CC)C=CC2)CC=C1.[Cl-].[Cl-]. The topological polar surface area (TPSA) is 0 Å². The monoisotopic (exact) mass is 498 g/mol. The van der Waals surface area contributed by atoms with E-state index in [9.17, 15) is 0 Å². The number of aryl methyl sites for hydroxylation is 2. The van der Waals surface area contributed by atoms with E-state index in [0.717, 1.165) is 25.7 Å². The molecule has 0 bridgehead atoms. The van der Waals surface area contributed by atoms with Crippen LogP contribution in [-0.2, 0) is 36.1 Å². The summed E-state index contributed by atoms with van der Waals surface area (Å²) in [5, 5.41) is 0. The van der Waals surface area contributed by atoms with Crippen LogP contribution in [0.5, 0.6) is 0 Å². The Morgan fingerprint density at radius 2 is 1.07 bits per heavy atom. The van der Waals surface area contributed by atoms with Gasteiger partial charge in [-0.1, -0.05) is 0 Å². The number of halogens is 2. The summed E-state index contributed by atoms with van der Waals surface area (Å²) in [6.07, 6.45) is 14.0. The third-order valence-electron chi connectivity index (χ3n) is 5.54. The summed E-state index contributed by atoms with van der Waals surface area (Å²) in [7, 11) is 0. The molecule has 0 N–H and O–H groups in total. The van der Waals surface area contributed by atoms with E-state index in [2.05, 4.69) is 86.7 Å². The summed E-state index contributed by atoms with van der Waals surface area (Å²) >= 11 is -0.771. The van der Waals surface area contributed by atoms with Gasteiger partial charge in [-0.05, 0) is 0 Å². The van der Waals surface area contributed by atoms with Crippen LogP contribution in [-0.4, -0.2) is 0 Å². The first-order chi connectivity index (χ1) is 13.3. The van der Waals surface area contributed by atoms with Crippen LogP contribution in [0.2, 0.25) is 0 Å². The van der Waals surface area contributed by atoms with Gasteiger partial charge in [-0.15, -0.1) is 0 Å². The predicted octanol–water partition coefficient (Wildman–Crippen LogP) is 0.944. The van der Waals surface area contributed by atoms with E-state index >= 15 is 0 Å². The Labute approximate surface area is 199 Å². The maximum absolute atomic E-state index is 2.38. The number of allylic oxidation sites excluding steroid dienone is 8. The molecule has 0 saturated carbocycles. The molecule has 0 spiro atoms. The second-order valence-corrected chi connectivity index (χ2v) is 10.7. The molecule has 2 aliphatic carbocycles. The van der Waals surface area contributed by atoms with Crippen LogP contribution in [0.15, 0.2) is 79.4 Å². The number of benzene rings is 2. The zero-order valence-corrected chi connectivity index (χ0v) is 21.0. The first-order valence-corrected chi connectivity index (χ1v) is 12.5. The van der Waals surface area contributed by atoms with Crippen molar-refractivity contribution >= 4 is 11.1 Å². The maximum atomic E-state index is 2.38. The van der Waals surface area contributed by atoms with Crippen molar-refractivity contribution in [3.63, 3.8) is 0 Å². The Bertz CT molecular complexity index is 900. The standard InChI is InChI=1S/2C13H13.2ClH.Zr/c2*1-2-11-7-5-6-10-13(11)12-8-3-4-9-12;;;/h2*3,5-8,10H,2,4H2,1H3;2*1H;/q;;;;+2/p-2. The van der Waals surface area contributed by atoms with Gasteiger partial charge in [0.15, 0.2) is 0 Å². The largest absolute Gasteiger partial charge is 1.00 e. The van der Waals surface area contributed by atoms with Gasteiger partial charge in [0.1, 0.15) is 0 Å². The predicted molar refractivity (Wildman–Crippen MR) is 113 cm³/mol. The molecule has 0 nitrogen and oxygen atoms in total. The van der Waals surface area contributed by atoms with Gasteiger partial charge >= 0.3 is 176 Å². The van der Waals surface area contributed by atoms with Crippen LogP contribution in [0.4, 0.5) is 0 Å². The molecule has 2 aromatic carbocycles. The summed E-state index contributed by atoms with van der Waals surface area (Å²) in [5.74, 6) is 0. The normalized spacial score (nSPS) is 14.7. The van der Waals surface area contributed by atoms with E-state index in [1.807, 2.05) is 0 Å². The molecule has 0 heterocycles. The molecule has 148 valence electrons. The summed E-state index contributed by atoms with van der Waals surface area (Å²) in [5.41, 5.74) is 8.94. The molecular formula is C26H26Cl2Zr. The van der Waals surface area contributed by atoms with Gasteiger partial charge in [0.2, 0.25) is 0 Å². The van der Waals surface area contributed by atoms with Crippen LogP contribution < -0.4 is 24.8 Å². The van der Waals surface area contributed by atoms with Gasteiger partial charge in [-0.3, -0.25) is 0 Å². The summed E-state index contributed by atoms with van der Waals surface area (Å²) in [4.78, 5) is 0. The Kier molecular flexibility index (Phi) is 9.41. The fourth-order valence-corrected chi connectivity index (χ4v) is 7.83. The van der Waals surface area contributed by atoms with Crippen molar-refractivity contribution in [3.8, 4) is 0 Å². The van der Waals surface area contributed by atoms with E-state index < -0.39 is 23.2 Å². The smallest absolute Gasteiger partial charge is 1.00 e. The minimum Gasteiger partial charge on any atom is -1.00 e. The molecule has 0 aliphatic heterocycles. The number of rotatable bonds is 6. The van der Waals surface area contributed by atoms with Gasteiger partial charge in [-0.2, -0.15) is 0 Å². The Morgan fingerprint density at radius 1 is 0.655 bits per heavy atom. The van der Waals surface area contributed by atoms with Crippen molar-refractivity contribution in [1.29, 1.82) is 0 Å². The van der Waals surface area contributed by atoms with Gasteiger partial charge in [0, 0.05) is 0 Å². The van der Waals surface area contributed by atoms with Gasteiger partial charge in [0.25, 0.3) is 0 Å². The van der Waals surface area contributed by atoms with Crippen molar-refractivity contribution in [2.75, 3.05) is 0 Å².